The number of hydrogen-bond donors (Lipinski definition) is 2. The smallest absolute Gasteiger partial charge is 0.291 e. The number of aromatic nitrogens is 3. The number of hydrogen-bond acceptors (Lipinski definition) is 4. The molecular formula is C17H22Cl3N5O. The summed E-state index contributed by atoms with van der Waals surface area (Å²) in [4.78, 5) is 16.9. The zero-order chi connectivity index (χ0) is 18.0. The molecule has 142 valence electrons. The molecule has 1 saturated carbocycles. The van der Waals surface area contributed by atoms with Gasteiger partial charge in [0.2, 0.25) is 5.82 Å². The summed E-state index contributed by atoms with van der Waals surface area (Å²) < 4.78 is 1.50. The molecule has 1 aromatic carbocycles. The van der Waals surface area contributed by atoms with Crippen molar-refractivity contribution in [2.75, 3.05) is 6.54 Å². The van der Waals surface area contributed by atoms with Crippen LogP contribution in [0.25, 0.3) is 5.69 Å². The maximum atomic E-state index is 12.6. The predicted octanol–water partition coefficient (Wildman–Crippen LogP) is 3.55. The van der Waals surface area contributed by atoms with Gasteiger partial charge in [-0.1, -0.05) is 42.1 Å². The van der Waals surface area contributed by atoms with E-state index in [4.69, 9.17) is 28.9 Å². The Morgan fingerprint density at radius 1 is 1.31 bits per heavy atom. The normalized spacial score (nSPS) is 19.7. The van der Waals surface area contributed by atoms with Gasteiger partial charge >= 0.3 is 0 Å². The molecule has 0 bridgehead atoms. The molecule has 6 nitrogen and oxygen atoms in total. The van der Waals surface area contributed by atoms with Gasteiger partial charge in [-0.3, -0.25) is 4.79 Å². The lowest BCUT2D eigenvalue weighted by Crippen LogP contribution is -2.45. The first-order valence-corrected chi connectivity index (χ1v) is 9.16. The Morgan fingerprint density at radius 2 is 1.96 bits per heavy atom. The van der Waals surface area contributed by atoms with E-state index in [1.807, 2.05) is 0 Å². The number of halogens is 3. The Morgan fingerprint density at radius 3 is 2.62 bits per heavy atom. The molecule has 3 rings (SSSR count). The molecule has 1 fully saturated rings. The monoisotopic (exact) mass is 417 g/mol. The lowest BCUT2D eigenvalue weighted by Gasteiger charge is -2.30. The van der Waals surface area contributed by atoms with Crippen LogP contribution in [0.3, 0.4) is 0 Å². The zero-order valence-electron chi connectivity index (χ0n) is 14.4. The fraction of sp³-hybridized carbons (Fsp3) is 0.471. The number of nitrogens with two attached hydrogens (primary N) is 1. The van der Waals surface area contributed by atoms with E-state index in [0.717, 1.165) is 25.7 Å². The van der Waals surface area contributed by atoms with E-state index in [9.17, 15) is 4.79 Å². The van der Waals surface area contributed by atoms with Crippen molar-refractivity contribution in [1.82, 2.24) is 20.1 Å². The van der Waals surface area contributed by atoms with Crippen LogP contribution in [0.15, 0.2) is 18.2 Å². The van der Waals surface area contributed by atoms with Crippen molar-refractivity contribution < 1.29 is 4.79 Å². The average molecular weight is 419 g/mol. The summed E-state index contributed by atoms with van der Waals surface area (Å²) in [6, 6.07) is 5.27. The van der Waals surface area contributed by atoms with Gasteiger partial charge in [0.1, 0.15) is 11.5 Å². The van der Waals surface area contributed by atoms with Gasteiger partial charge in [0.15, 0.2) is 0 Å². The number of carbonyl (C=O) groups is 1. The number of carbonyl (C=O) groups excluding carboxylic acids is 1. The molecule has 1 aliphatic carbocycles. The zero-order valence-corrected chi connectivity index (χ0v) is 16.7. The Bertz CT molecular complexity index is 760. The van der Waals surface area contributed by atoms with E-state index >= 15 is 0 Å². The first-order valence-electron chi connectivity index (χ1n) is 8.40. The van der Waals surface area contributed by atoms with Crippen LogP contribution in [0.2, 0.25) is 10.0 Å². The van der Waals surface area contributed by atoms with E-state index in [0.29, 0.717) is 34.0 Å². The summed E-state index contributed by atoms with van der Waals surface area (Å²) in [5.41, 5.74) is 6.35. The molecule has 0 spiro atoms. The maximum absolute atomic E-state index is 12.6. The molecule has 1 heterocycles. The van der Waals surface area contributed by atoms with E-state index in [2.05, 4.69) is 15.4 Å². The molecule has 3 N–H and O–H groups in total. The summed E-state index contributed by atoms with van der Waals surface area (Å²) in [6.45, 7) is 2.33. The quantitative estimate of drug-likeness (QED) is 0.795. The van der Waals surface area contributed by atoms with Crippen molar-refractivity contribution in [3.63, 3.8) is 0 Å². The number of amides is 1. The highest BCUT2D eigenvalue weighted by molar-refractivity contribution is 6.37. The number of para-hydroxylation sites is 1. The molecule has 2 aromatic rings. The maximum Gasteiger partial charge on any atom is 0.291 e. The minimum absolute atomic E-state index is 0. The van der Waals surface area contributed by atoms with Gasteiger partial charge in [-0.05, 0) is 44.4 Å². The molecular weight excluding hydrogens is 397 g/mol. The van der Waals surface area contributed by atoms with Crippen LogP contribution in [-0.4, -0.2) is 33.3 Å². The van der Waals surface area contributed by atoms with E-state index in [-0.39, 0.29) is 30.2 Å². The highest BCUT2D eigenvalue weighted by atomic mass is 35.5. The van der Waals surface area contributed by atoms with Crippen molar-refractivity contribution in [2.45, 2.75) is 38.6 Å². The third kappa shape index (κ3) is 4.31. The molecule has 0 aliphatic heterocycles. The van der Waals surface area contributed by atoms with Gasteiger partial charge in [0.05, 0.1) is 10.0 Å². The third-order valence-electron chi connectivity index (χ3n) is 4.65. The van der Waals surface area contributed by atoms with Gasteiger partial charge in [0, 0.05) is 6.04 Å². The third-order valence-corrected chi connectivity index (χ3v) is 5.26. The van der Waals surface area contributed by atoms with E-state index in [1.165, 1.54) is 4.68 Å². The van der Waals surface area contributed by atoms with Crippen LogP contribution in [0.4, 0.5) is 0 Å². The van der Waals surface area contributed by atoms with Crippen LogP contribution in [0.1, 0.15) is 42.1 Å². The standard InChI is InChI=1S/C17H21Cl2N5O.ClH/c1-10-21-16(17(25)22-14-8-3-2-5-11(14)9-20)23-24(10)15-12(18)6-4-7-13(15)19;/h4,6-7,11,14H,2-3,5,8-9,20H2,1H3,(H,22,25);1H. The molecule has 2 unspecified atom stereocenters. The molecule has 0 saturated heterocycles. The predicted molar refractivity (Wildman–Crippen MR) is 106 cm³/mol. The second-order valence-electron chi connectivity index (χ2n) is 6.32. The van der Waals surface area contributed by atoms with Gasteiger partial charge in [-0.25, -0.2) is 9.67 Å². The Hall–Kier alpha value is -1.34. The lowest BCUT2D eigenvalue weighted by molar-refractivity contribution is 0.0897. The molecule has 0 radical (unpaired) electrons. The summed E-state index contributed by atoms with van der Waals surface area (Å²) >= 11 is 12.5. The Labute approximate surface area is 168 Å². The highest BCUT2D eigenvalue weighted by Gasteiger charge is 2.27. The molecule has 1 amide bonds. The minimum atomic E-state index is -0.296. The summed E-state index contributed by atoms with van der Waals surface area (Å²) in [5.74, 6) is 0.656. The second kappa shape index (κ2) is 9.04. The van der Waals surface area contributed by atoms with Gasteiger partial charge in [-0.15, -0.1) is 17.5 Å². The highest BCUT2D eigenvalue weighted by Crippen LogP contribution is 2.28. The first-order chi connectivity index (χ1) is 12.0. The fourth-order valence-corrected chi connectivity index (χ4v) is 3.86. The second-order valence-corrected chi connectivity index (χ2v) is 7.14. The van der Waals surface area contributed by atoms with E-state index in [1.54, 1.807) is 25.1 Å². The van der Waals surface area contributed by atoms with Crippen LogP contribution in [0, 0.1) is 12.8 Å². The first kappa shape index (κ1) is 21.0. The van der Waals surface area contributed by atoms with Crippen molar-refractivity contribution in [1.29, 1.82) is 0 Å². The lowest BCUT2D eigenvalue weighted by atomic mass is 9.84. The number of benzene rings is 1. The number of nitrogens with one attached hydrogen (secondary N) is 1. The topological polar surface area (TPSA) is 85.8 Å². The number of rotatable bonds is 4. The molecule has 1 aliphatic rings. The molecule has 2 atom stereocenters. The van der Waals surface area contributed by atoms with Crippen molar-refractivity contribution >= 4 is 41.5 Å². The van der Waals surface area contributed by atoms with E-state index < -0.39 is 0 Å². The molecule has 1 aromatic heterocycles. The minimum Gasteiger partial charge on any atom is -0.346 e. The van der Waals surface area contributed by atoms with Gasteiger partial charge in [0.25, 0.3) is 5.91 Å². The van der Waals surface area contributed by atoms with Crippen molar-refractivity contribution in [3.05, 3.63) is 39.9 Å². The number of aryl methyl sites for hydroxylation is 1. The largest absolute Gasteiger partial charge is 0.346 e. The molecule has 9 heteroatoms. The van der Waals surface area contributed by atoms with Crippen LogP contribution in [-0.2, 0) is 0 Å². The van der Waals surface area contributed by atoms with Gasteiger partial charge < -0.3 is 11.1 Å². The van der Waals surface area contributed by atoms with Crippen LogP contribution in [0.5, 0.6) is 0 Å². The molecule has 26 heavy (non-hydrogen) atoms. The van der Waals surface area contributed by atoms with Gasteiger partial charge in [-0.2, -0.15) is 0 Å². The van der Waals surface area contributed by atoms with Crippen molar-refractivity contribution in [2.24, 2.45) is 11.7 Å². The summed E-state index contributed by atoms with van der Waals surface area (Å²) in [6.07, 6.45) is 4.23. The summed E-state index contributed by atoms with van der Waals surface area (Å²) in [5, 5.41) is 8.24. The Balaban J connectivity index is 0.00000243. The Kier molecular flexibility index (Phi) is 7.29. The van der Waals surface area contributed by atoms with Crippen LogP contribution < -0.4 is 11.1 Å². The summed E-state index contributed by atoms with van der Waals surface area (Å²) in [7, 11) is 0. The SMILES string of the molecule is Cc1nc(C(=O)NC2CCCCC2CN)nn1-c1c(Cl)cccc1Cl.Cl. The number of nitrogens with zero attached hydrogens (tertiary/aromatic N) is 3. The fourth-order valence-electron chi connectivity index (χ4n) is 3.30. The van der Waals surface area contributed by atoms with Crippen LogP contribution >= 0.6 is 35.6 Å². The average Bonchev–Trinajstić information content (AvgIpc) is 2.97. The van der Waals surface area contributed by atoms with Crippen molar-refractivity contribution in [3.8, 4) is 5.69 Å².